The van der Waals surface area contributed by atoms with E-state index in [1.807, 2.05) is 93.1 Å². The number of carbonyl (C=O) groups excluding carboxylic acids is 6. The van der Waals surface area contributed by atoms with Crippen molar-refractivity contribution in [3.05, 3.63) is 132 Å². The molecular weight excluding hydrogens is 1610 g/mol. The monoisotopic (exact) mass is 1710 g/mol. The topological polar surface area (TPSA) is 383 Å². The van der Waals surface area contributed by atoms with Crippen LogP contribution in [0.25, 0.3) is 44.6 Å². The molecule has 0 radical (unpaired) electrons. The number of likely N-dealkylation sites (tertiary alicyclic amines) is 1. The van der Waals surface area contributed by atoms with Crippen LogP contribution in [0, 0.1) is 23.7 Å². The summed E-state index contributed by atoms with van der Waals surface area (Å²) < 4.78 is 83.7. The molecular formula is C84H104ClN15O14S4. The van der Waals surface area contributed by atoms with Gasteiger partial charge >= 0.3 is 0 Å². The molecule has 118 heavy (non-hydrogen) atoms. The van der Waals surface area contributed by atoms with E-state index in [2.05, 4.69) is 65.8 Å². The number of amides is 6. The SMILES string of the molecule is CNC(=O)C[C@H](C(=O)N1C[C@H](Oc2cc(-c3csc(NC(C)C)n3)nc3cc(OC)ccc23)C[C@H]1C(=O)N[C@]12C[C@H]1/C=C\CCCCCNc1ccccc1S(=O)(=O)NC2=O)C(C)C.COc1ccc2c(O[C@H]3CN[C@H](C(=O)N[C@]45C[C@H]4/C=C\CCCCCNc4ccccc4S(=O)(=O)NC5=O)C3)cc(-c3csc(NC(C)C)n3)nc2c1.Cl. The zero-order valence-corrected chi connectivity index (χ0v) is 71.6. The van der Waals surface area contributed by atoms with Gasteiger partial charge in [-0.05, 0) is 134 Å². The molecule has 29 nitrogen and oxygen atoms in total. The molecule has 630 valence electrons. The number of nitrogens with one attached hydrogen (secondary N) is 10. The Morgan fingerprint density at radius 2 is 1.08 bits per heavy atom. The van der Waals surface area contributed by atoms with Crippen molar-refractivity contribution in [2.45, 2.75) is 182 Å². The zero-order valence-electron chi connectivity index (χ0n) is 67.5. The Labute approximate surface area is 702 Å². The second-order valence-corrected chi connectivity index (χ2v) is 36.4. The zero-order chi connectivity index (χ0) is 82.9. The number of sulfonamides is 2. The second kappa shape index (κ2) is 37.8. The average molecular weight is 1710 g/mol. The summed E-state index contributed by atoms with van der Waals surface area (Å²) in [5, 5.41) is 31.7. The molecule has 4 aromatic heterocycles. The number of ether oxygens (including phenoxy) is 4. The van der Waals surface area contributed by atoms with Crippen LogP contribution in [-0.4, -0.2) is 172 Å². The van der Waals surface area contributed by atoms with Crippen LogP contribution < -0.4 is 70.9 Å². The number of pyridine rings is 2. The van der Waals surface area contributed by atoms with Crippen LogP contribution in [0.5, 0.6) is 23.0 Å². The predicted molar refractivity (Wildman–Crippen MR) is 460 cm³/mol. The number of aromatic nitrogens is 4. The minimum Gasteiger partial charge on any atom is -0.497 e. The van der Waals surface area contributed by atoms with Gasteiger partial charge in [0.1, 0.15) is 73.5 Å². The van der Waals surface area contributed by atoms with Crippen molar-refractivity contribution in [1.82, 2.24) is 55.5 Å². The number of rotatable bonds is 20. The van der Waals surface area contributed by atoms with E-state index in [-0.39, 0.29) is 83.9 Å². The van der Waals surface area contributed by atoms with E-state index in [4.69, 9.17) is 38.9 Å². The number of thiazole rings is 2. The van der Waals surface area contributed by atoms with Crippen molar-refractivity contribution in [2.75, 3.05) is 68.7 Å². The van der Waals surface area contributed by atoms with Crippen LogP contribution in [0.1, 0.15) is 125 Å². The summed E-state index contributed by atoms with van der Waals surface area (Å²) in [6, 6.07) is 26.2. The summed E-state index contributed by atoms with van der Waals surface area (Å²) in [5.74, 6) is -2.97. The fourth-order valence-corrected chi connectivity index (χ4v) is 19.4. The predicted octanol–water partition coefficient (Wildman–Crippen LogP) is 11.5. The van der Waals surface area contributed by atoms with Crippen molar-refractivity contribution < 1.29 is 64.6 Å². The summed E-state index contributed by atoms with van der Waals surface area (Å²) >= 11 is 2.95. The van der Waals surface area contributed by atoms with Crippen LogP contribution in [0.15, 0.2) is 142 Å². The third-order valence-corrected chi connectivity index (χ3v) is 26.1. The second-order valence-electron chi connectivity index (χ2n) is 31.4. The van der Waals surface area contributed by atoms with Crippen LogP contribution in [0.4, 0.5) is 21.6 Å². The summed E-state index contributed by atoms with van der Waals surface area (Å²) in [4.78, 5) is 105. The molecule has 9 atom stereocenters. The van der Waals surface area contributed by atoms with E-state index in [1.165, 1.54) is 46.8 Å². The molecule has 4 aromatic carbocycles. The molecule has 4 aliphatic heterocycles. The minimum atomic E-state index is -4.38. The van der Waals surface area contributed by atoms with Gasteiger partial charge in [0.25, 0.3) is 31.9 Å². The number of hydrogen-bond donors (Lipinski definition) is 10. The Morgan fingerprint density at radius 3 is 1.55 bits per heavy atom. The Bertz CT molecular complexity index is 5320. The smallest absolute Gasteiger partial charge is 0.266 e. The number of halogens is 1. The maximum Gasteiger partial charge on any atom is 0.266 e. The Hall–Kier alpha value is -10.2. The number of benzene rings is 4. The lowest BCUT2D eigenvalue weighted by Crippen LogP contribution is -2.57. The molecule has 8 aromatic rings. The van der Waals surface area contributed by atoms with E-state index in [1.54, 1.807) is 68.8 Å². The highest BCUT2D eigenvalue weighted by molar-refractivity contribution is 7.90. The molecule has 8 heterocycles. The van der Waals surface area contributed by atoms with Gasteiger partial charge in [-0.25, -0.2) is 46.2 Å². The normalized spacial score (nSPS) is 23.6. The average Bonchev–Trinajstić information content (AvgIpc) is 1.57. The Kier molecular flexibility index (Phi) is 27.9. The van der Waals surface area contributed by atoms with Gasteiger partial charge in [0.05, 0.1) is 60.6 Å². The number of hydrogen-bond acceptors (Lipinski definition) is 25. The van der Waals surface area contributed by atoms with E-state index in [0.717, 1.165) is 67.0 Å². The van der Waals surface area contributed by atoms with Gasteiger partial charge in [-0.15, -0.1) is 35.1 Å². The molecule has 6 aliphatic rings. The summed E-state index contributed by atoms with van der Waals surface area (Å²) in [7, 11) is -3.94. The third-order valence-electron chi connectivity index (χ3n) is 21.8. The number of fused-ring (bicyclic) bond motifs is 6. The van der Waals surface area contributed by atoms with Gasteiger partial charge < -0.3 is 66.4 Å². The molecule has 14 rings (SSSR count). The Morgan fingerprint density at radius 1 is 0.593 bits per heavy atom. The molecule has 34 heteroatoms. The number of anilines is 4. The van der Waals surface area contributed by atoms with E-state index in [0.29, 0.717) is 106 Å². The van der Waals surface area contributed by atoms with E-state index in [9.17, 15) is 45.6 Å². The van der Waals surface area contributed by atoms with Gasteiger partial charge in [-0.3, -0.25) is 28.8 Å². The maximum atomic E-state index is 14.8. The lowest BCUT2D eigenvalue weighted by atomic mass is 9.90. The third kappa shape index (κ3) is 20.4. The van der Waals surface area contributed by atoms with Crippen molar-refractivity contribution in [3.63, 3.8) is 0 Å². The van der Waals surface area contributed by atoms with E-state index < -0.39 is 90.7 Å². The molecule has 2 saturated carbocycles. The lowest BCUT2D eigenvalue weighted by molar-refractivity contribution is -0.145. The first kappa shape index (κ1) is 87.1. The van der Waals surface area contributed by atoms with Crippen molar-refractivity contribution >= 4 is 134 Å². The highest BCUT2D eigenvalue weighted by Gasteiger charge is 2.63. The molecule has 0 bridgehead atoms. The maximum absolute atomic E-state index is 14.8. The molecule has 6 amide bonds. The summed E-state index contributed by atoms with van der Waals surface area (Å²) in [5.41, 5.74) is 1.59. The van der Waals surface area contributed by atoms with Crippen LogP contribution in [0.2, 0.25) is 0 Å². The van der Waals surface area contributed by atoms with Gasteiger partial charge in [-0.2, -0.15) is 0 Å². The van der Waals surface area contributed by atoms with E-state index >= 15 is 0 Å². The number of methoxy groups -OCH3 is 2. The number of allylic oxidation sites excluding steroid dienone is 2. The number of nitrogens with zero attached hydrogens (tertiary/aromatic N) is 5. The van der Waals surface area contributed by atoms with Gasteiger partial charge in [-0.1, -0.05) is 75.3 Å². The van der Waals surface area contributed by atoms with Gasteiger partial charge in [0.2, 0.25) is 23.6 Å². The first-order valence-electron chi connectivity index (χ1n) is 39.9. The lowest BCUT2D eigenvalue weighted by Gasteiger charge is -2.30. The fraction of sp³-hybridized carbons (Fsp3) is 0.452. The summed E-state index contributed by atoms with van der Waals surface area (Å²) in [6.45, 7) is 13.4. The Balaban J connectivity index is 0.000000219. The fourth-order valence-electron chi connectivity index (χ4n) is 15.2. The molecule has 2 aliphatic carbocycles. The van der Waals surface area contributed by atoms with Crippen molar-refractivity contribution in [1.29, 1.82) is 0 Å². The molecule has 0 unspecified atom stereocenters. The molecule has 0 spiro atoms. The first-order valence-corrected chi connectivity index (χ1v) is 44.7. The van der Waals surface area contributed by atoms with Crippen molar-refractivity contribution in [2.24, 2.45) is 23.7 Å². The largest absolute Gasteiger partial charge is 0.497 e. The molecule has 2 saturated heterocycles. The first-order chi connectivity index (χ1) is 56.2. The highest BCUT2D eigenvalue weighted by atomic mass is 35.5. The quantitative estimate of drug-likeness (QED) is 0.0317. The van der Waals surface area contributed by atoms with Crippen LogP contribution in [-0.2, 0) is 48.8 Å². The van der Waals surface area contributed by atoms with Crippen LogP contribution >= 0.6 is 35.1 Å². The minimum absolute atomic E-state index is 0. The number of carbonyl (C=O) groups is 6. The summed E-state index contributed by atoms with van der Waals surface area (Å²) in [6.07, 6.45) is 14.4. The number of para-hydroxylation sites is 2. The van der Waals surface area contributed by atoms with Crippen molar-refractivity contribution in [3.8, 4) is 45.8 Å². The van der Waals surface area contributed by atoms with Crippen LogP contribution in [0.3, 0.4) is 0 Å². The highest BCUT2D eigenvalue weighted by Crippen LogP contribution is 2.48. The standard InChI is InChI=1S/C46H58N8O8S2.C38H45N7O6S2.ClH/c1-27(2)33(22-41(55)47-5)43(57)54-25-31(62-39-23-36(37-26-63-45(51-37)49-28(3)4)50-35-20-30(61-6)17-18-32(35)39)21-38(54)42(56)52-46-24-29(46)14-10-8-7-9-13-19-48-34-15-11-12-16-40(34)64(59,60)53-44(46)58;1-23(2)41-37-43-32(22-52-37)30-19-33(27-15-14-25(50-3)17-29(27)42-30)51-26-18-31(40-21-26)35(46)44-38-20-24(38)11-7-5-4-6-10-16-39-28-12-8-9-13-34(28)53(48,49)45-36(38)47;/h10-12,14-18,20,23,26-29,31,33,38,48H,7-9,13,19,21-22,24-25H2,1-6H3,(H,47,55)(H,49,51)(H,52,56)(H,53,58);7-9,11-15,17,19,22-24,26,31,39-40H,4-6,10,16,18,20-21H2,1-3H3,(H,41,43)(H,44,46)(H,45,47);1H/b14-10-;11-7-;/t29-,31-,33+,38+,46-;24-,26-,31+,38-;/m11./s1. The molecule has 10 N–H and O–H groups in total. The molecule has 4 fully saturated rings. The van der Waals surface area contributed by atoms with Gasteiger partial charge in [0.15, 0.2) is 10.3 Å². The van der Waals surface area contributed by atoms with Gasteiger partial charge in [0, 0.05) is 122 Å².